The van der Waals surface area contributed by atoms with Gasteiger partial charge < -0.3 is 15.3 Å². The van der Waals surface area contributed by atoms with Gasteiger partial charge in [0.05, 0.1) is 17.8 Å². The molecule has 0 fully saturated rings. The Bertz CT molecular complexity index is 749. The average Bonchev–Trinajstić information content (AvgIpc) is 2.54. The highest BCUT2D eigenvalue weighted by Crippen LogP contribution is 2.37. The molecule has 3 rings (SSSR count). The normalized spacial score (nSPS) is 16.7. The molecular weight excluding hydrogens is 299 g/mol. The van der Waals surface area contributed by atoms with E-state index in [1.807, 2.05) is 18.2 Å². The third-order valence-corrected chi connectivity index (χ3v) is 3.74. The van der Waals surface area contributed by atoms with Crippen LogP contribution in [0.5, 0.6) is 0 Å². The number of aliphatic carboxylic acids is 1. The summed E-state index contributed by atoms with van der Waals surface area (Å²) in [6.07, 6.45) is -0.177. The number of amides is 1. The number of carbonyl (C=O) groups is 2. The van der Waals surface area contributed by atoms with Gasteiger partial charge in [0.2, 0.25) is 0 Å². The van der Waals surface area contributed by atoms with E-state index in [2.05, 4.69) is 5.32 Å². The summed E-state index contributed by atoms with van der Waals surface area (Å²) in [6, 6.07) is 12.4. The van der Waals surface area contributed by atoms with Crippen molar-refractivity contribution in [2.24, 2.45) is 0 Å². The van der Waals surface area contributed by atoms with Gasteiger partial charge in [0, 0.05) is 6.54 Å². The van der Waals surface area contributed by atoms with Crippen LogP contribution in [0, 0.1) is 5.82 Å². The molecule has 1 heterocycles. The number of carbonyl (C=O) groups excluding carboxylic acids is 1. The van der Waals surface area contributed by atoms with E-state index in [0.29, 0.717) is 11.4 Å². The van der Waals surface area contributed by atoms with E-state index in [0.717, 1.165) is 5.56 Å². The van der Waals surface area contributed by atoms with Crippen LogP contribution < -0.4 is 10.2 Å². The van der Waals surface area contributed by atoms with Crippen LogP contribution in [0.4, 0.5) is 15.8 Å². The summed E-state index contributed by atoms with van der Waals surface area (Å²) in [5, 5.41) is 11.9. The predicted molar refractivity (Wildman–Crippen MR) is 83.8 cm³/mol. The van der Waals surface area contributed by atoms with Crippen molar-refractivity contribution in [2.75, 3.05) is 16.8 Å². The van der Waals surface area contributed by atoms with E-state index in [1.54, 1.807) is 12.1 Å². The van der Waals surface area contributed by atoms with Gasteiger partial charge in [-0.25, -0.2) is 4.39 Å². The van der Waals surface area contributed by atoms with Gasteiger partial charge >= 0.3 is 5.97 Å². The molecule has 5 nitrogen and oxygen atoms in total. The minimum absolute atomic E-state index is 0.0395. The summed E-state index contributed by atoms with van der Waals surface area (Å²) >= 11 is 0. The van der Waals surface area contributed by atoms with E-state index in [9.17, 15) is 14.0 Å². The Kier molecular flexibility index (Phi) is 3.97. The van der Waals surface area contributed by atoms with Crippen LogP contribution in [0.1, 0.15) is 18.0 Å². The molecule has 2 N–H and O–H groups in total. The van der Waals surface area contributed by atoms with Gasteiger partial charge in [0.15, 0.2) is 0 Å². The zero-order chi connectivity index (χ0) is 16.4. The van der Waals surface area contributed by atoms with Crippen molar-refractivity contribution >= 4 is 23.3 Å². The molecule has 0 aromatic heterocycles. The first-order valence-electron chi connectivity index (χ1n) is 7.20. The molecule has 1 unspecified atom stereocenters. The summed E-state index contributed by atoms with van der Waals surface area (Å²) in [6.45, 7) is 0.0395. The fourth-order valence-corrected chi connectivity index (χ4v) is 2.66. The quantitative estimate of drug-likeness (QED) is 0.910. The van der Waals surface area contributed by atoms with E-state index in [-0.39, 0.29) is 18.9 Å². The van der Waals surface area contributed by atoms with Crippen molar-refractivity contribution in [1.82, 2.24) is 0 Å². The Morgan fingerprint density at radius 1 is 1.22 bits per heavy atom. The summed E-state index contributed by atoms with van der Waals surface area (Å²) in [4.78, 5) is 25.0. The fourth-order valence-electron chi connectivity index (χ4n) is 2.66. The maximum Gasteiger partial charge on any atom is 0.305 e. The first-order valence-corrected chi connectivity index (χ1v) is 7.20. The molecule has 0 aliphatic carbocycles. The average molecular weight is 314 g/mol. The molecule has 1 aliphatic heterocycles. The number of nitrogens with one attached hydrogen (secondary N) is 1. The summed E-state index contributed by atoms with van der Waals surface area (Å²) in [7, 11) is 0. The number of carboxylic acids is 1. The zero-order valence-corrected chi connectivity index (χ0v) is 12.2. The van der Waals surface area contributed by atoms with Crippen LogP contribution in [-0.2, 0) is 9.59 Å². The van der Waals surface area contributed by atoms with Gasteiger partial charge in [-0.15, -0.1) is 0 Å². The van der Waals surface area contributed by atoms with E-state index >= 15 is 0 Å². The Hall–Kier alpha value is -2.89. The van der Waals surface area contributed by atoms with Crippen molar-refractivity contribution in [1.29, 1.82) is 0 Å². The van der Waals surface area contributed by atoms with Gasteiger partial charge in [-0.2, -0.15) is 0 Å². The van der Waals surface area contributed by atoms with Crippen LogP contribution in [0.3, 0.4) is 0 Å². The highest BCUT2D eigenvalue weighted by Gasteiger charge is 2.33. The van der Waals surface area contributed by atoms with Gasteiger partial charge in [0.25, 0.3) is 5.91 Å². The summed E-state index contributed by atoms with van der Waals surface area (Å²) < 4.78 is 13.5. The maximum absolute atomic E-state index is 13.5. The minimum atomic E-state index is -0.990. The molecule has 2 aromatic rings. The number of benzene rings is 2. The molecule has 1 atom stereocenters. The lowest BCUT2D eigenvalue weighted by atomic mass is 10.0. The van der Waals surface area contributed by atoms with Crippen LogP contribution in [0.25, 0.3) is 0 Å². The lowest BCUT2D eigenvalue weighted by molar-refractivity contribution is -0.136. The van der Waals surface area contributed by atoms with Crippen LogP contribution in [-0.4, -0.2) is 23.5 Å². The Morgan fingerprint density at radius 2 is 1.96 bits per heavy atom. The van der Waals surface area contributed by atoms with Crippen molar-refractivity contribution < 1.29 is 19.1 Å². The first kappa shape index (κ1) is 15.0. The lowest BCUT2D eigenvalue weighted by Gasteiger charge is -2.35. The molecule has 0 bridgehead atoms. The number of hydrogen-bond acceptors (Lipinski definition) is 3. The lowest BCUT2D eigenvalue weighted by Crippen LogP contribution is -2.43. The third-order valence-electron chi connectivity index (χ3n) is 3.74. The smallest absolute Gasteiger partial charge is 0.305 e. The Morgan fingerprint density at radius 3 is 2.65 bits per heavy atom. The highest BCUT2D eigenvalue weighted by molar-refractivity contribution is 6.05. The second-order valence-corrected chi connectivity index (χ2v) is 5.28. The second kappa shape index (κ2) is 6.08. The number of anilines is 2. The van der Waals surface area contributed by atoms with E-state index in [4.69, 9.17) is 5.11 Å². The van der Waals surface area contributed by atoms with Gasteiger partial charge in [0.1, 0.15) is 11.9 Å². The van der Waals surface area contributed by atoms with Crippen molar-refractivity contribution in [3.8, 4) is 0 Å². The maximum atomic E-state index is 13.5. The molecule has 0 saturated carbocycles. The van der Waals surface area contributed by atoms with Gasteiger partial charge in [-0.1, -0.05) is 30.3 Å². The van der Waals surface area contributed by atoms with Crippen molar-refractivity contribution in [3.05, 3.63) is 59.9 Å². The number of nitrogens with zero attached hydrogens (tertiary/aromatic N) is 1. The molecule has 2 aromatic carbocycles. The molecule has 0 spiro atoms. The van der Waals surface area contributed by atoms with Gasteiger partial charge in [-0.3, -0.25) is 9.59 Å². The standard InChI is InChI=1S/C17H15FN2O3/c18-12-6-7-14-13(10-12)19-16(11-4-2-1-3-5-11)17(23)20(14)9-8-15(21)22/h1-7,10,16,19H,8-9H2,(H,21,22). The van der Waals surface area contributed by atoms with Crippen molar-refractivity contribution in [3.63, 3.8) is 0 Å². The third kappa shape index (κ3) is 3.01. The molecule has 1 aliphatic rings. The summed E-state index contributed by atoms with van der Waals surface area (Å²) in [5.41, 5.74) is 1.71. The highest BCUT2D eigenvalue weighted by atomic mass is 19.1. The number of carboxylic acid groups (broad SMARTS) is 1. The number of fused-ring (bicyclic) bond motifs is 1. The monoisotopic (exact) mass is 314 g/mol. The number of halogens is 1. The molecule has 1 amide bonds. The van der Waals surface area contributed by atoms with Crippen LogP contribution >= 0.6 is 0 Å². The Labute approximate surface area is 132 Å². The SMILES string of the molecule is O=C(O)CCN1C(=O)C(c2ccccc2)Nc2cc(F)ccc21. The Balaban J connectivity index is 2.00. The number of rotatable bonds is 4. The first-order chi connectivity index (χ1) is 11.1. The molecule has 0 saturated heterocycles. The molecule has 23 heavy (non-hydrogen) atoms. The molecule has 6 heteroatoms. The van der Waals surface area contributed by atoms with Crippen molar-refractivity contribution in [2.45, 2.75) is 12.5 Å². The fraction of sp³-hybridized carbons (Fsp3) is 0.176. The topological polar surface area (TPSA) is 69.6 Å². The van der Waals surface area contributed by atoms with Crippen LogP contribution in [0.2, 0.25) is 0 Å². The number of hydrogen-bond donors (Lipinski definition) is 2. The molecule has 0 radical (unpaired) electrons. The largest absolute Gasteiger partial charge is 0.481 e. The van der Waals surface area contributed by atoms with E-state index < -0.39 is 17.8 Å². The van der Waals surface area contributed by atoms with E-state index in [1.165, 1.54) is 23.1 Å². The minimum Gasteiger partial charge on any atom is -0.481 e. The molecule has 118 valence electrons. The predicted octanol–water partition coefficient (Wildman–Crippen LogP) is 2.80. The molecular formula is C17H15FN2O3. The zero-order valence-electron chi connectivity index (χ0n) is 12.2. The second-order valence-electron chi connectivity index (χ2n) is 5.28. The van der Waals surface area contributed by atoms with Gasteiger partial charge in [-0.05, 0) is 23.8 Å². The summed E-state index contributed by atoms with van der Waals surface area (Å²) in [5.74, 6) is -1.66. The van der Waals surface area contributed by atoms with Crippen LogP contribution in [0.15, 0.2) is 48.5 Å².